The summed E-state index contributed by atoms with van der Waals surface area (Å²) < 4.78 is 8.54. The Balaban J connectivity index is 2.77. The highest BCUT2D eigenvalue weighted by Crippen LogP contribution is 2.16. The Labute approximate surface area is 74.9 Å². The molecule has 0 atom stereocenters. The standard InChI is InChI=1S/C8H11NO2S/c1-8(2,3)5-4-6-9-12-7(10)11-6/h4-5H,1-3H3/b5-4+. The number of aromatic nitrogens is 1. The van der Waals surface area contributed by atoms with E-state index in [0.29, 0.717) is 5.89 Å². The summed E-state index contributed by atoms with van der Waals surface area (Å²) in [5.41, 5.74) is 0.0855. The minimum absolute atomic E-state index is 0.0855. The molecule has 1 heterocycles. The summed E-state index contributed by atoms with van der Waals surface area (Å²) in [5.74, 6) is 0.389. The van der Waals surface area contributed by atoms with Crippen molar-refractivity contribution in [1.29, 1.82) is 0 Å². The maximum atomic E-state index is 10.6. The third-order valence-electron chi connectivity index (χ3n) is 1.12. The lowest BCUT2D eigenvalue weighted by Crippen LogP contribution is -1.97. The fourth-order valence-electron chi connectivity index (χ4n) is 0.591. The first-order valence-corrected chi connectivity index (χ1v) is 4.41. The molecule has 0 fully saturated rings. The van der Waals surface area contributed by atoms with Crippen LogP contribution in [-0.4, -0.2) is 4.37 Å². The first-order chi connectivity index (χ1) is 5.47. The zero-order valence-electron chi connectivity index (χ0n) is 7.33. The molecule has 0 saturated carbocycles. The molecule has 0 aromatic carbocycles. The van der Waals surface area contributed by atoms with E-state index in [1.54, 1.807) is 6.08 Å². The Bertz CT molecular complexity index is 329. The summed E-state index contributed by atoms with van der Waals surface area (Å²) in [6.45, 7) is 6.19. The maximum absolute atomic E-state index is 10.6. The van der Waals surface area contributed by atoms with Gasteiger partial charge in [0, 0.05) is 0 Å². The summed E-state index contributed by atoms with van der Waals surface area (Å²) in [6, 6.07) is 0. The molecule has 0 N–H and O–H groups in total. The van der Waals surface area contributed by atoms with Crippen LogP contribution in [0.25, 0.3) is 6.08 Å². The number of nitrogens with zero attached hydrogens (tertiary/aromatic N) is 1. The Morgan fingerprint density at radius 2 is 2.17 bits per heavy atom. The summed E-state index contributed by atoms with van der Waals surface area (Å²) >= 11 is 0.832. The van der Waals surface area contributed by atoms with E-state index in [2.05, 4.69) is 25.1 Å². The predicted octanol–water partition coefficient (Wildman–Crippen LogP) is 2.16. The lowest BCUT2D eigenvalue weighted by molar-refractivity contribution is 0.510. The Morgan fingerprint density at radius 3 is 2.58 bits per heavy atom. The second-order valence-electron chi connectivity index (χ2n) is 3.57. The Hall–Kier alpha value is -0.900. The van der Waals surface area contributed by atoms with Crippen molar-refractivity contribution >= 4 is 17.6 Å². The third-order valence-corrected chi connectivity index (χ3v) is 1.63. The fraction of sp³-hybridized carbons (Fsp3) is 0.500. The molecule has 66 valence electrons. The monoisotopic (exact) mass is 185 g/mol. The van der Waals surface area contributed by atoms with Gasteiger partial charge < -0.3 is 4.42 Å². The van der Waals surface area contributed by atoms with Crippen molar-refractivity contribution in [3.05, 3.63) is 21.7 Å². The van der Waals surface area contributed by atoms with Crippen LogP contribution in [0.2, 0.25) is 0 Å². The number of allylic oxidation sites excluding steroid dienone is 1. The molecule has 0 aliphatic carbocycles. The van der Waals surface area contributed by atoms with Crippen LogP contribution in [0.4, 0.5) is 0 Å². The van der Waals surface area contributed by atoms with Gasteiger partial charge in [0.25, 0.3) is 0 Å². The molecule has 0 aliphatic rings. The predicted molar refractivity (Wildman–Crippen MR) is 49.1 cm³/mol. The van der Waals surface area contributed by atoms with Gasteiger partial charge in [-0.15, -0.1) is 4.37 Å². The van der Waals surface area contributed by atoms with Crippen molar-refractivity contribution in [3.63, 3.8) is 0 Å². The number of hydrogen-bond donors (Lipinski definition) is 0. The highest BCUT2D eigenvalue weighted by atomic mass is 32.1. The summed E-state index contributed by atoms with van der Waals surface area (Å²) in [4.78, 5) is 10.2. The number of hydrogen-bond acceptors (Lipinski definition) is 4. The van der Waals surface area contributed by atoms with E-state index in [-0.39, 0.29) is 10.4 Å². The molecule has 0 spiro atoms. The van der Waals surface area contributed by atoms with E-state index in [0.717, 1.165) is 11.5 Å². The highest BCUT2D eigenvalue weighted by Gasteiger charge is 2.05. The van der Waals surface area contributed by atoms with E-state index in [4.69, 9.17) is 4.42 Å². The van der Waals surface area contributed by atoms with Gasteiger partial charge in [-0.2, -0.15) is 0 Å². The second kappa shape index (κ2) is 3.23. The van der Waals surface area contributed by atoms with E-state index in [1.165, 1.54) is 0 Å². The minimum Gasteiger partial charge on any atom is -0.395 e. The van der Waals surface area contributed by atoms with Crippen molar-refractivity contribution in [3.8, 4) is 0 Å². The SMILES string of the molecule is CC(C)(C)/C=C/c1nsc(=O)o1. The normalized spacial score (nSPS) is 12.6. The van der Waals surface area contributed by atoms with E-state index >= 15 is 0 Å². The van der Waals surface area contributed by atoms with Gasteiger partial charge in [-0.25, -0.2) is 4.79 Å². The zero-order chi connectivity index (χ0) is 9.19. The topological polar surface area (TPSA) is 43.1 Å². The summed E-state index contributed by atoms with van der Waals surface area (Å²) in [5, 5.41) is 0. The molecule has 0 bridgehead atoms. The quantitative estimate of drug-likeness (QED) is 0.673. The lowest BCUT2D eigenvalue weighted by atomic mass is 9.96. The van der Waals surface area contributed by atoms with Gasteiger partial charge in [0.2, 0.25) is 5.89 Å². The van der Waals surface area contributed by atoms with Crippen molar-refractivity contribution in [2.24, 2.45) is 5.41 Å². The molecule has 3 nitrogen and oxygen atoms in total. The first-order valence-electron chi connectivity index (χ1n) is 3.63. The summed E-state index contributed by atoms with van der Waals surface area (Å²) in [6.07, 6.45) is 3.67. The van der Waals surface area contributed by atoms with Crippen LogP contribution in [0.1, 0.15) is 26.7 Å². The van der Waals surface area contributed by atoms with Gasteiger partial charge in [0.15, 0.2) is 0 Å². The van der Waals surface area contributed by atoms with Gasteiger partial charge in [-0.3, -0.25) is 0 Å². The second-order valence-corrected chi connectivity index (χ2v) is 4.27. The molecule has 0 amide bonds. The largest absolute Gasteiger partial charge is 0.414 e. The van der Waals surface area contributed by atoms with Crippen LogP contribution in [0, 0.1) is 5.41 Å². The molecule has 12 heavy (non-hydrogen) atoms. The molecular formula is C8H11NO2S. The third kappa shape index (κ3) is 3.00. The Kier molecular flexibility index (Phi) is 2.47. The van der Waals surface area contributed by atoms with Crippen LogP contribution in [0.5, 0.6) is 0 Å². The number of rotatable bonds is 1. The zero-order valence-corrected chi connectivity index (χ0v) is 8.14. The van der Waals surface area contributed by atoms with Crippen LogP contribution >= 0.6 is 11.5 Å². The van der Waals surface area contributed by atoms with Crippen molar-refractivity contribution in [1.82, 2.24) is 4.37 Å². The van der Waals surface area contributed by atoms with Gasteiger partial charge in [-0.05, 0) is 11.5 Å². The van der Waals surface area contributed by atoms with E-state index < -0.39 is 0 Å². The van der Waals surface area contributed by atoms with Crippen LogP contribution in [0.3, 0.4) is 0 Å². The summed E-state index contributed by atoms with van der Waals surface area (Å²) in [7, 11) is 0. The molecule has 0 aliphatic heterocycles. The fourth-order valence-corrected chi connectivity index (χ4v) is 0.976. The Morgan fingerprint density at radius 1 is 1.50 bits per heavy atom. The molecular weight excluding hydrogens is 174 g/mol. The van der Waals surface area contributed by atoms with Crippen molar-refractivity contribution < 1.29 is 4.42 Å². The van der Waals surface area contributed by atoms with Crippen LogP contribution in [0.15, 0.2) is 15.3 Å². The minimum atomic E-state index is -0.358. The maximum Gasteiger partial charge on any atom is 0.414 e. The molecule has 1 rings (SSSR count). The highest BCUT2D eigenvalue weighted by molar-refractivity contribution is 7.02. The lowest BCUT2D eigenvalue weighted by Gasteiger charge is -2.09. The molecule has 0 saturated heterocycles. The van der Waals surface area contributed by atoms with E-state index in [1.807, 2.05) is 6.08 Å². The molecule has 1 aromatic rings. The van der Waals surface area contributed by atoms with Gasteiger partial charge in [0.1, 0.15) is 0 Å². The smallest absolute Gasteiger partial charge is 0.395 e. The molecule has 4 heteroatoms. The average Bonchev–Trinajstić information content (AvgIpc) is 2.30. The van der Waals surface area contributed by atoms with Crippen LogP contribution in [-0.2, 0) is 0 Å². The molecule has 0 radical (unpaired) electrons. The van der Waals surface area contributed by atoms with Gasteiger partial charge >= 0.3 is 4.94 Å². The molecule has 0 unspecified atom stereocenters. The van der Waals surface area contributed by atoms with Gasteiger partial charge in [0.05, 0.1) is 11.5 Å². The first kappa shape index (κ1) is 9.19. The average molecular weight is 185 g/mol. The van der Waals surface area contributed by atoms with Crippen LogP contribution < -0.4 is 4.94 Å². The van der Waals surface area contributed by atoms with Crippen molar-refractivity contribution in [2.75, 3.05) is 0 Å². The molecule has 1 aromatic heterocycles. The van der Waals surface area contributed by atoms with Crippen molar-refractivity contribution in [2.45, 2.75) is 20.8 Å². The van der Waals surface area contributed by atoms with E-state index in [9.17, 15) is 4.79 Å². The van der Waals surface area contributed by atoms with Gasteiger partial charge in [-0.1, -0.05) is 26.8 Å².